The van der Waals surface area contributed by atoms with Gasteiger partial charge in [0.25, 0.3) is 0 Å². The number of rotatable bonds is 1. The maximum atomic E-state index is 13.4. The van der Waals surface area contributed by atoms with E-state index in [1.807, 2.05) is 0 Å². The Hall–Kier alpha value is -1.98. The van der Waals surface area contributed by atoms with Crippen LogP contribution in [0.3, 0.4) is 0 Å². The van der Waals surface area contributed by atoms with Crippen LogP contribution in [0.1, 0.15) is 15.9 Å². The number of fused-ring (bicyclic) bond motifs is 1. The molecule has 0 saturated heterocycles. The van der Waals surface area contributed by atoms with E-state index in [1.165, 1.54) is 0 Å². The van der Waals surface area contributed by atoms with E-state index in [0.717, 1.165) is 19.2 Å². The van der Waals surface area contributed by atoms with Gasteiger partial charge in [-0.1, -0.05) is 0 Å². The lowest BCUT2D eigenvalue weighted by atomic mass is 9.97. The quantitative estimate of drug-likeness (QED) is 0.695. The number of methoxy groups -OCH3 is 1. The molecule has 1 aliphatic rings. The van der Waals surface area contributed by atoms with Gasteiger partial charge in [0.15, 0.2) is 0 Å². The minimum atomic E-state index is -1.23. The Morgan fingerprint density at radius 1 is 1.41 bits per heavy atom. The molecule has 1 atom stereocenters. The van der Waals surface area contributed by atoms with Gasteiger partial charge >= 0.3 is 11.9 Å². The van der Waals surface area contributed by atoms with Crippen molar-refractivity contribution in [2.45, 2.75) is 12.5 Å². The van der Waals surface area contributed by atoms with Crippen molar-refractivity contribution in [3.8, 4) is 0 Å². The largest absolute Gasteiger partial charge is 0.466 e. The number of ether oxygens (including phenoxy) is 2. The molecule has 0 saturated carbocycles. The summed E-state index contributed by atoms with van der Waals surface area (Å²) in [5.41, 5.74) is -0.609. The highest BCUT2D eigenvalue weighted by Gasteiger charge is 2.35. The van der Waals surface area contributed by atoms with Crippen molar-refractivity contribution in [2.75, 3.05) is 7.11 Å². The third kappa shape index (κ3) is 1.86. The van der Waals surface area contributed by atoms with Crippen LogP contribution in [0.2, 0.25) is 0 Å². The van der Waals surface area contributed by atoms with E-state index in [-0.39, 0.29) is 12.0 Å². The molecule has 0 radical (unpaired) electrons. The van der Waals surface area contributed by atoms with Gasteiger partial charge in [-0.3, -0.25) is 0 Å². The van der Waals surface area contributed by atoms with Gasteiger partial charge in [0, 0.05) is 12.0 Å². The fourth-order valence-corrected chi connectivity index (χ4v) is 1.69. The third-order valence-electron chi connectivity index (χ3n) is 2.51. The lowest BCUT2D eigenvalue weighted by molar-refractivity contribution is -0.151. The SMILES string of the molecule is COC(=O)[C@H]1Cc2c(F)ccc(F)c2C(=O)O1. The van der Waals surface area contributed by atoms with Gasteiger partial charge in [0.1, 0.15) is 17.2 Å². The summed E-state index contributed by atoms with van der Waals surface area (Å²) in [4.78, 5) is 22.7. The molecule has 0 bridgehead atoms. The second-order valence-electron chi connectivity index (χ2n) is 3.50. The number of carbonyl (C=O) groups is 2. The minimum absolute atomic E-state index is 0.156. The molecule has 0 fully saturated rings. The molecule has 6 heteroatoms. The molecule has 90 valence electrons. The maximum absolute atomic E-state index is 13.4. The van der Waals surface area contributed by atoms with Crippen LogP contribution in [-0.4, -0.2) is 25.2 Å². The number of esters is 2. The van der Waals surface area contributed by atoms with E-state index in [2.05, 4.69) is 9.47 Å². The number of hydrogen-bond donors (Lipinski definition) is 0. The van der Waals surface area contributed by atoms with Crippen LogP contribution in [0.15, 0.2) is 12.1 Å². The first-order valence-electron chi connectivity index (χ1n) is 4.80. The van der Waals surface area contributed by atoms with E-state index < -0.39 is 35.2 Å². The fraction of sp³-hybridized carbons (Fsp3) is 0.273. The van der Waals surface area contributed by atoms with Crippen molar-refractivity contribution < 1.29 is 27.8 Å². The molecule has 0 aliphatic carbocycles. The van der Waals surface area contributed by atoms with Crippen molar-refractivity contribution in [3.63, 3.8) is 0 Å². The first kappa shape index (κ1) is 11.5. The molecule has 1 aromatic rings. The second kappa shape index (κ2) is 4.12. The predicted molar refractivity (Wildman–Crippen MR) is 51.3 cm³/mol. The number of cyclic esters (lactones) is 1. The molecule has 1 aliphatic heterocycles. The van der Waals surface area contributed by atoms with Crippen molar-refractivity contribution in [1.29, 1.82) is 0 Å². The molecule has 0 N–H and O–H groups in total. The van der Waals surface area contributed by atoms with Crippen molar-refractivity contribution in [3.05, 3.63) is 34.9 Å². The summed E-state index contributed by atoms with van der Waals surface area (Å²) in [5.74, 6) is -3.46. The van der Waals surface area contributed by atoms with Crippen LogP contribution in [0.5, 0.6) is 0 Å². The van der Waals surface area contributed by atoms with E-state index in [1.54, 1.807) is 0 Å². The van der Waals surface area contributed by atoms with Gasteiger partial charge in [-0.2, -0.15) is 0 Å². The van der Waals surface area contributed by atoms with E-state index in [4.69, 9.17) is 0 Å². The summed E-state index contributed by atoms with van der Waals surface area (Å²) in [5, 5.41) is 0. The Morgan fingerprint density at radius 2 is 2.06 bits per heavy atom. The summed E-state index contributed by atoms with van der Waals surface area (Å²) in [6.45, 7) is 0. The molecular weight excluding hydrogens is 234 g/mol. The average molecular weight is 242 g/mol. The van der Waals surface area contributed by atoms with Crippen molar-refractivity contribution in [1.82, 2.24) is 0 Å². The number of halogens is 2. The van der Waals surface area contributed by atoms with E-state index in [9.17, 15) is 18.4 Å². The van der Waals surface area contributed by atoms with Gasteiger partial charge in [0.2, 0.25) is 6.10 Å². The van der Waals surface area contributed by atoms with Crippen molar-refractivity contribution >= 4 is 11.9 Å². The van der Waals surface area contributed by atoms with E-state index in [0.29, 0.717) is 0 Å². The summed E-state index contributed by atoms with van der Waals surface area (Å²) < 4.78 is 35.8. The van der Waals surface area contributed by atoms with Gasteiger partial charge in [-0.15, -0.1) is 0 Å². The Balaban J connectivity index is 2.46. The molecule has 17 heavy (non-hydrogen) atoms. The highest BCUT2D eigenvalue weighted by molar-refractivity contribution is 5.95. The molecule has 0 aromatic heterocycles. The average Bonchev–Trinajstić information content (AvgIpc) is 2.32. The molecule has 0 unspecified atom stereocenters. The monoisotopic (exact) mass is 242 g/mol. The van der Waals surface area contributed by atoms with Gasteiger partial charge < -0.3 is 9.47 Å². The van der Waals surface area contributed by atoms with Crippen LogP contribution in [0, 0.1) is 11.6 Å². The van der Waals surface area contributed by atoms with Gasteiger partial charge in [0.05, 0.1) is 7.11 Å². The Kier molecular flexibility index (Phi) is 2.79. The number of benzene rings is 1. The normalized spacial score (nSPS) is 18.3. The molecule has 1 heterocycles. The van der Waals surface area contributed by atoms with Crippen LogP contribution in [-0.2, 0) is 20.7 Å². The second-order valence-corrected chi connectivity index (χ2v) is 3.50. The molecule has 0 amide bonds. The molecule has 1 aromatic carbocycles. The van der Waals surface area contributed by atoms with Crippen LogP contribution >= 0.6 is 0 Å². The molecular formula is C11H8F2O4. The Labute approximate surface area is 95.1 Å². The highest BCUT2D eigenvalue weighted by Crippen LogP contribution is 2.26. The summed E-state index contributed by atoms with van der Waals surface area (Å²) in [7, 11) is 1.12. The topological polar surface area (TPSA) is 52.6 Å². The highest BCUT2D eigenvalue weighted by atomic mass is 19.1. The zero-order chi connectivity index (χ0) is 12.6. The maximum Gasteiger partial charge on any atom is 0.347 e. The van der Waals surface area contributed by atoms with Gasteiger partial charge in [-0.25, -0.2) is 18.4 Å². The van der Waals surface area contributed by atoms with Crippen LogP contribution in [0.25, 0.3) is 0 Å². The minimum Gasteiger partial charge on any atom is -0.466 e. The van der Waals surface area contributed by atoms with Crippen LogP contribution in [0.4, 0.5) is 8.78 Å². The van der Waals surface area contributed by atoms with Crippen molar-refractivity contribution in [2.24, 2.45) is 0 Å². The molecule has 2 rings (SSSR count). The predicted octanol–water partition coefficient (Wildman–Crippen LogP) is 1.22. The zero-order valence-corrected chi connectivity index (χ0v) is 8.83. The lowest BCUT2D eigenvalue weighted by Crippen LogP contribution is -2.36. The van der Waals surface area contributed by atoms with Crippen LogP contribution < -0.4 is 0 Å². The first-order chi connectivity index (χ1) is 8.04. The first-order valence-corrected chi connectivity index (χ1v) is 4.80. The summed E-state index contributed by atoms with van der Waals surface area (Å²) >= 11 is 0. The standard InChI is InChI=1S/C11H8F2O4/c1-16-10(14)8-4-5-6(12)2-3-7(13)9(5)11(15)17-8/h2-3,8H,4H2,1H3/t8-/m1/s1. The Morgan fingerprint density at radius 3 is 2.71 bits per heavy atom. The smallest absolute Gasteiger partial charge is 0.347 e. The molecule has 4 nitrogen and oxygen atoms in total. The molecule has 0 spiro atoms. The summed E-state index contributed by atoms with van der Waals surface area (Å²) in [6.07, 6.45) is -1.45. The number of hydrogen-bond acceptors (Lipinski definition) is 4. The fourth-order valence-electron chi connectivity index (χ4n) is 1.69. The zero-order valence-electron chi connectivity index (χ0n) is 8.83. The lowest BCUT2D eigenvalue weighted by Gasteiger charge is -2.23. The Bertz CT molecular complexity index is 498. The van der Waals surface area contributed by atoms with Gasteiger partial charge in [-0.05, 0) is 12.1 Å². The van der Waals surface area contributed by atoms with E-state index >= 15 is 0 Å². The third-order valence-corrected chi connectivity index (χ3v) is 2.51. The summed E-state index contributed by atoms with van der Waals surface area (Å²) in [6, 6.07) is 1.75. The number of carbonyl (C=O) groups excluding carboxylic acids is 2.